The number of hydrogen-bond donors (Lipinski definition) is 2. The highest BCUT2D eigenvalue weighted by molar-refractivity contribution is 5.96. The van der Waals surface area contributed by atoms with E-state index < -0.39 is 17.6 Å². The van der Waals surface area contributed by atoms with E-state index in [0.717, 1.165) is 22.4 Å². The molecule has 0 saturated heterocycles. The fourth-order valence-electron chi connectivity index (χ4n) is 2.40. The third kappa shape index (κ3) is 4.51. The maximum atomic E-state index is 13.1. The minimum Gasteiger partial charge on any atom is -0.343 e. The summed E-state index contributed by atoms with van der Waals surface area (Å²) < 4.78 is 13.1. The van der Waals surface area contributed by atoms with Crippen molar-refractivity contribution < 1.29 is 14.0 Å². The van der Waals surface area contributed by atoms with Gasteiger partial charge in [-0.2, -0.15) is 5.10 Å². The molecule has 3 aromatic carbocycles. The average molecular weight is 349 g/mol. The van der Waals surface area contributed by atoms with Crippen molar-refractivity contribution in [1.29, 1.82) is 0 Å². The second kappa shape index (κ2) is 8.02. The summed E-state index contributed by atoms with van der Waals surface area (Å²) in [5, 5.41) is 8.48. The molecule has 0 aliphatic rings. The quantitative estimate of drug-likeness (QED) is 0.549. The SMILES string of the molecule is O=C(CNC(=O)c1cccc(F)c1)N/N=C\c1ccc2ccccc2c1. The fraction of sp³-hybridized carbons (Fsp3) is 0.0500. The number of amides is 2. The maximum absolute atomic E-state index is 13.1. The summed E-state index contributed by atoms with van der Waals surface area (Å²) in [6.07, 6.45) is 1.53. The zero-order valence-electron chi connectivity index (χ0n) is 13.8. The Morgan fingerprint density at radius 2 is 1.77 bits per heavy atom. The molecule has 0 bridgehead atoms. The number of nitrogens with zero attached hydrogens (tertiary/aromatic N) is 1. The van der Waals surface area contributed by atoms with Crippen molar-refractivity contribution in [3.05, 3.63) is 83.7 Å². The topological polar surface area (TPSA) is 70.6 Å². The third-order valence-electron chi connectivity index (χ3n) is 3.67. The lowest BCUT2D eigenvalue weighted by atomic mass is 10.1. The number of nitrogens with one attached hydrogen (secondary N) is 2. The Hall–Kier alpha value is -3.54. The van der Waals surface area contributed by atoms with Gasteiger partial charge in [-0.3, -0.25) is 9.59 Å². The van der Waals surface area contributed by atoms with Crippen molar-refractivity contribution in [1.82, 2.24) is 10.7 Å². The van der Waals surface area contributed by atoms with E-state index >= 15 is 0 Å². The Labute approximate surface area is 149 Å². The van der Waals surface area contributed by atoms with Crippen LogP contribution >= 0.6 is 0 Å². The van der Waals surface area contributed by atoms with E-state index in [1.54, 1.807) is 0 Å². The minimum atomic E-state index is -0.529. The number of benzene rings is 3. The Morgan fingerprint density at radius 1 is 0.962 bits per heavy atom. The van der Waals surface area contributed by atoms with E-state index in [0.29, 0.717) is 0 Å². The van der Waals surface area contributed by atoms with Crippen LogP contribution in [-0.4, -0.2) is 24.6 Å². The molecule has 6 heteroatoms. The molecule has 3 aromatic rings. The first kappa shape index (κ1) is 17.3. The van der Waals surface area contributed by atoms with Gasteiger partial charge < -0.3 is 5.32 Å². The van der Waals surface area contributed by atoms with Crippen molar-refractivity contribution in [3.8, 4) is 0 Å². The zero-order chi connectivity index (χ0) is 18.4. The van der Waals surface area contributed by atoms with Crippen molar-refractivity contribution >= 4 is 28.8 Å². The van der Waals surface area contributed by atoms with E-state index in [9.17, 15) is 14.0 Å². The number of hydrazone groups is 1. The van der Waals surface area contributed by atoms with Gasteiger partial charge in [0.05, 0.1) is 12.8 Å². The number of hydrogen-bond acceptors (Lipinski definition) is 3. The molecule has 0 atom stereocenters. The number of carbonyl (C=O) groups excluding carboxylic acids is 2. The van der Waals surface area contributed by atoms with Gasteiger partial charge in [0.25, 0.3) is 11.8 Å². The van der Waals surface area contributed by atoms with E-state index in [-0.39, 0.29) is 12.1 Å². The van der Waals surface area contributed by atoms with Crippen LogP contribution in [0.3, 0.4) is 0 Å². The molecule has 0 aliphatic heterocycles. The normalized spacial score (nSPS) is 10.8. The van der Waals surface area contributed by atoms with Crippen LogP contribution in [0.4, 0.5) is 4.39 Å². The van der Waals surface area contributed by atoms with Crippen molar-refractivity contribution in [3.63, 3.8) is 0 Å². The van der Waals surface area contributed by atoms with Crippen LogP contribution in [0.25, 0.3) is 10.8 Å². The Balaban J connectivity index is 1.51. The molecule has 2 amide bonds. The first-order valence-electron chi connectivity index (χ1n) is 7.96. The predicted octanol–water partition coefficient (Wildman–Crippen LogP) is 2.86. The molecule has 130 valence electrons. The lowest BCUT2D eigenvalue weighted by Crippen LogP contribution is -2.34. The molecule has 0 aromatic heterocycles. The van der Waals surface area contributed by atoms with Crippen LogP contribution in [0.15, 0.2) is 71.8 Å². The van der Waals surface area contributed by atoms with Crippen LogP contribution in [-0.2, 0) is 4.79 Å². The molecular formula is C20H16FN3O2. The van der Waals surface area contributed by atoms with Gasteiger partial charge in [0, 0.05) is 5.56 Å². The number of halogens is 1. The highest BCUT2D eigenvalue weighted by Crippen LogP contribution is 2.14. The average Bonchev–Trinajstić information content (AvgIpc) is 2.66. The van der Waals surface area contributed by atoms with E-state index in [1.807, 2.05) is 42.5 Å². The monoisotopic (exact) mass is 349 g/mol. The van der Waals surface area contributed by atoms with E-state index in [2.05, 4.69) is 15.8 Å². The largest absolute Gasteiger partial charge is 0.343 e. The molecule has 0 spiro atoms. The van der Waals surface area contributed by atoms with Gasteiger partial charge in [0.2, 0.25) is 0 Å². The second-order valence-electron chi connectivity index (χ2n) is 5.59. The molecule has 3 rings (SSSR count). The van der Waals surface area contributed by atoms with Gasteiger partial charge in [-0.15, -0.1) is 0 Å². The van der Waals surface area contributed by atoms with Gasteiger partial charge in [-0.1, -0.05) is 42.5 Å². The lowest BCUT2D eigenvalue weighted by Gasteiger charge is -2.04. The van der Waals surface area contributed by atoms with Gasteiger partial charge >= 0.3 is 0 Å². The molecule has 0 radical (unpaired) electrons. The molecular weight excluding hydrogens is 333 g/mol. The Morgan fingerprint density at radius 3 is 2.58 bits per heavy atom. The molecule has 0 aliphatic carbocycles. The first-order chi connectivity index (χ1) is 12.6. The van der Waals surface area contributed by atoms with Crippen LogP contribution in [0.1, 0.15) is 15.9 Å². The summed E-state index contributed by atoms with van der Waals surface area (Å²) in [7, 11) is 0. The third-order valence-corrected chi connectivity index (χ3v) is 3.67. The van der Waals surface area contributed by atoms with Crippen molar-refractivity contribution in [2.45, 2.75) is 0 Å². The minimum absolute atomic E-state index is 0.150. The number of rotatable bonds is 5. The fourth-order valence-corrected chi connectivity index (χ4v) is 2.40. The predicted molar refractivity (Wildman–Crippen MR) is 98.4 cm³/mol. The molecule has 5 nitrogen and oxygen atoms in total. The summed E-state index contributed by atoms with van der Waals surface area (Å²) in [6, 6.07) is 19.0. The van der Waals surface area contributed by atoms with Crippen LogP contribution < -0.4 is 10.7 Å². The van der Waals surface area contributed by atoms with Crippen LogP contribution in [0, 0.1) is 5.82 Å². The van der Waals surface area contributed by atoms with Gasteiger partial charge in [0.15, 0.2) is 0 Å². The van der Waals surface area contributed by atoms with Gasteiger partial charge in [0.1, 0.15) is 5.82 Å². The summed E-state index contributed by atoms with van der Waals surface area (Å²) >= 11 is 0. The number of carbonyl (C=O) groups is 2. The Bertz CT molecular complexity index is 985. The van der Waals surface area contributed by atoms with Crippen LogP contribution in [0.5, 0.6) is 0 Å². The lowest BCUT2D eigenvalue weighted by molar-refractivity contribution is -0.120. The molecule has 0 fully saturated rings. The standard InChI is InChI=1S/C20H16FN3O2/c21-18-7-3-6-17(11-18)20(26)22-13-19(25)24-23-12-14-8-9-15-4-1-2-5-16(15)10-14/h1-12H,13H2,(H,22,26)(H,24,25)/b23-12-. The van der Waals surface area contributed by atoms with Gasteiger partial charge in [-0.25, -0.2) is 9.82 Å². The first-order valence-corrected chi connectivity index (χ1v) is 7.96. The summed E-state index contributed by atoms with van der Waals surface area (Å²) in [5.74, 6) is -1.52. The Kier molecular flexibility index (Phi) is 5.34. The van der Waals surface area contributed by atoms with Gasteiger partial charge in [-0.05, 0) is 40.6 Å². The smallest absolute Gasteiger partial charge is 0.259 e. The molecule has 26 heavy (non-hydrogen) atoms. The second-order valence-corrected chi connectivity index (χ2v) is 5.59. The number of fused-ring (bicyclic) bond motifs is 1. The summed E-state index contributed by atoms with van der Waals surface area (Å²) in [6.45, 7) is -0.260. The zero-order valence-corrected chi connectivity index (χ0v) is 13.8. The van der Waals surface area contributed by atoms with E-state index in [4.69, 9.17) is 0 Å². The van der Waals surface area contributed by atoms with Crippen LogP contribution in [0.2, 0.25) is 0 Å². The summed E-state index contributed by atoms with van der Waals surface area (Å²) in [5.41, 5.74) is 3.33. The maximum Gasteiger partial charge on any atom is 0.259 e. The molecule has 0 unspecified atom stereocenters. The summed E-state index contributed by atoms with van der Waals surface area (Å²) in [4.78, 5) is 23.6. The van der Waals surface area contributed by atoms with Crippen molar-refractivity contribution in [2.75, 3.05) is 6.54 Å². The molecule has 0 saturated carbocycles. The van der Waals surface area contributed by atoms with E-state index in [1.165, 1.54) is 24.4 Å². The highest BCUT2D eigenvalue weighted by atomic mass is 19.1. The van der Waals surface area contributed by atoms with Crippen molar-refractivity contribution in [2.24, 2.45) is 5.10 Å². The molecule has 2 N–H and O–H groups in total. The molecule has 0 heterocycles. The highest BCUT2D eigenvalue weighted by Gasteiger charge is 2.08.